The maximum absolute atomic E-state index is 5.19. The zero-order valence-electron chi connectivity index (χ0n) is 13.3. The van der Waals surface area contributed by atoms with E-state index in [4.69, 9.17) is 4.74 Å². The quantitative estimate of drug-likeness (QED) is 0.701. The number of rotatable bonds is 10. The molecule has 0 saturated heterocycles. The number of methoxy groups -OCH3 is 1. The van der Waals surface area contributed by atoms with Gasteiger partial charge in [0.05, 0.1) is 7.11 Å². The smallest absolute Gasteiger partial charge is 0.118 e. The minimum absolute atomic E-state index is 0.612. The number of aryl methyl sites for hydroxylation is 1. The van der Waals surface area contributed by atoms with Crippen LogP contribution in [0, 0.1) is 0 Å². The molecule has 0 amide bonds. The summed E-state index contributed by atoms with van der Waals surface area (Å²) in [6.07, 6.45) is 3.58. The average molecular weight is 295 g/mol. The molecule has 1 aromatic carbocycles. The Morgan fingerprint density at radius 1 is 1.20 bits per heavy atom. The topological polar surface area (TPSA) is 21.3 Å². The van der Waals surface area contributed by atoms with Gasteiger partial charge in [0.25, 0.3) is 0 Å². The highest BCUT2D eigenvalue weighted by molar-refractivity contribution is 7.99. The van der Waals surface area contributed by atoms with Crippen molar-refractivity contribution in [3.05, 3.63) is 29.8 Å². The third-order valence-electron chi connectivity index (χ3n) is 3.59. The van der Waals surface area contributed by atoms with Crippen LogP contribution in [0.25, 0.3) is 0 Å². The molecule has 114 valence electrons. The van der Waals surface area contributed by atoms with E-state index in [1.807, 2.05) is 12.1 Å². The highest BCUT2D eigenvalue weighted by Gasteiger charge is 2.10. The maximum atomic E-state index is 5.19. The lowest BCUT2D eigenvalue weighted by Crippen LogP contribution is -2.32. The summed E-state index contributed by atoms with van der Waals surface area (Å²) in [6.45, 7) is 7.82. The Hall–Kier alpha value is -0.670. The van der Waals surface area contributed by atoms with Crippen molar-refractivity contribution in [1.29, 1.82) is 0 Å². The molecule has 1 rings (SSSR count). The van der Waals surface area contributed by atoms with E-state index in [0.29, 0.717) is 6.04 Å². The fourth-order valence-electron chi connectivity index (χ4n) is 2.06. The zero-order valence-corrected chi connectivity index (χ0v) is 14.1. The molecule has 1 aromatic rings. The van der Waals surface area contributed by atoms with E-state index < -0.39 is 0 Å². The first-order valence-electron chi connectivity index (χ1n) is 7.67. The number of nitrogens with one attached hydrogen (secondary N) is 1. The van der Waals surface area contributed by atoms with Gasteiger partial charge < -0.3 is 10.1 Å². The molecule has 20 heavy (non-hydrogen) atoms. The molecule has 1 N–H and O–H groups in total. The van der Waals surface area contributed by atoms with Gasteiger partial charge in [-0.1, -0.05) is 32.9 Å². The SMILES string of the molecule is CCNC(CCc1ccc(OC)cc1)CSC(C)CC. The van der Waals surface area contributed by atoms with E-state index in [2.05, 4.69) is 50.0 Å². The number of hydrogen-bond donors (Lipinski definition) is 1. The van der Waals surface area contributed by atoms with Crippen LogP contribution in [0.15, 0.2) is 24.3 Å². The van der Waals surface area contributed by atoms with Gasteiger partial charge in [-0.2, -0.15) is 11.8 Å². The third-order valence-corrected chi connectivity index (χ3v) is 5.09. The van der Waals surface area contributed by atoms with Gasteiger partial charge in [-0.25, -0.2) is 0 Å². The highest BCUT2D eigenvalue weighted by Crippen LogP contribution is 2.18. The van der Waals surface area contributed by atoms with Crippen LogP contribution in [-0.2, 0) is 6.42 Å². The lowest BCUT2D eigenvalue weighted by atomic mass is 10.1. The van der Waals surface area contributed by atoms with Crippen molar-refractivity contribution in [2.75, 3.05) is 19.4 Å². The van der Waals surface area contributed by atoms with Gasteiger partial charge in [-0.15, -0.1) is 0 Å². The Bertz CT molecular complexity index is 353. The Morgan fingerprint density at radius 2 is 1.90 bits per heavy atom. The summed E-state index contributed by atoms with van der Waals surface area (Å²) < 4.78 is 5.19. The monoisotopic (exact) mass is 295 g/mol. The normalized spacial score (nSPS) is 14.0. The molecule has 3 heteroatoms. The predicted molar refractivity (Wildman–Crippen MR) is 91.0 cm³/mol. The summed E-state index contributed by atoms with van der Waals surface area (Å²) in [6, 6.07) is 9.05. The Balaban J connectivity index is 2.40. The number of hydrogen-bond acceptors (Lipinski definition) is 3. The fraction of sp³-hybridized carbons (Fsp3) is 0.647. The average Bonchev–Trinajstić information content (AvgIpc) is 2.50. The first kappa shape index (κ1) is 17.4. The van der Waals surface area contributed by atoms with Crippen molar-refractivity contribution < 1.29 is 4.74 Å². The molecule has 0 heterocycles. The van der Waals surface area contributed by atoms with Gasteiger partial charge >= 0.3 is 0 Å². The van der Waals surface area contributed by atoms with Crippen molar-refractivity contribution in [1.82, 2.24) is 5.32 Å². The fourth-order valence-corrected chi connectivity index (χ4v) is 3.15. The lowest BCUT2D eigenvalue weighted by Gasteiger charge is -2.19. The van der Waals surface area contributed by atoms with E-state index in [9.17, 15) is 0 Å². The van der Waals surface area contributed by atoms with Crippen molar-refractivity contribution in [2.24, 2.45) is 0 Å². The molecule has 0 radical (unpaired) electrons. The number of benzene rings is 1. The predicted octanol–water partition coefficient (Wildman–Crippen LogP) is 4.14. The van der Waals surface area contributed by atoms with Crippen molar-refractivity contribution in [2.45, 2.75) is 51.3 Å². The molecule has 0 aliphatic carbocycles. The summed E-state index contributed by atoms with van der Waals surface area (Å²) >= 11 is 2.08. The van der Waals surface area contributed by atoms with Gasteiger partial charge in [-0.05, 0) is 43.5 Å². The molecule has 0 aliphatic heterocycles. The summed E-state index contributed by atoms with van der Waals surface area (Å²) in [4.78, 5) is 0. The minimum atomic E-state index is 0.612. The van der Waals surface area contributed by atoms with E-state index in [0.717, 1.165) is 24.0 Å². The molecule has 0 bridgehead atoms. The largest absolute Gasteiger partial charge is 0.497 e. The first-order valence-corrected chi connectivity index (χ1v) is 8.72. The van der Waals surface area contributed by atoms with Crippen molar-refractivity contribution in [3.8, 4) is 5.75 Å². The molecular formula is C17H29NOS. The van der Waals surface area contributed by atoms with E-state index in [-0.39, 0.29) is 0 Å². The van der Waals surface area contributed by atoms with Crippen LogP contribution in [-0.4, -0.2) is 30.7 Å². The lowest BCUT2D eigenvalue weighted by molar-refractivity contribution is 0.414. The van der Waals surface area contributed by atoms with Gasteiger partial charge in [-0.3, -0.25) is 0 Å². The van der Waals surface area contributed by atoms with Crippen LogP contribution in [0.4, 0.5) is 0 Å². The Morgan fingerprint density at radius 3 is 2.45 bits per heavy atom. The summed E-state index contributed by atoms with van der Waals surface area (Å²) in [5.74, 6) is 2.14. The second-order valence-corrected chi connectivity index (χ2v) is 6.66. The highest BCUT2D eigenvalue weighted by atomic mass is 32.2. The Kier molecular flexibility index (Phi) is 8.79. The van der Waals surface area contributed by atoms with Crippen molar-refractivity contribution in [3.63, 3.8) is 0 Å². The molecule has 2 atom stereocenters. The maximum Gasteiger partial charge on any atom is 0.118 e. The Labute approximate surface area is 128 Å². The summed E-state index contributed by atoms with van der Waals surface area (Å²) in [5.41, 5.74) is 1.39. The van der Waals surface area contributed by atoms with Gasteiger partial charge in [0.15, 0.2) is 0 Å². The number of thioether (sulfide) groups is 1. The van der Waals surface area contributed by atoms with Gasteiger partial charge in [0.1, 0.15) is 5.75 Å². The first-order chi connectivity index (χ1) is 9.69. The van der Waals surface area contributed by atoms with Crippen LogP contribution in [0.3, 0.4) is 0 Å². The van der Waals surface area contributed by atoms with Crippen LogP contribution >= 0.6 is 11.8 Å². The number of ether oxygens (including phenoxy) is 1. The molecule has 0 fully saturated rings. The van der Waals surface area contributed by atoms with E-state index in [1.54, 1.807) is 7.11 Å². The third kappa shape index (κ3) is 6.67. The second kappa shape index (κ2) is 10.1. The molecule has 2 nitrogen and oxygen atoms in total. The van der Waals surface area contributed by atoms with Crippen LogP contribution in [0.5, 0.6) is 5.75 Å². The molecular weight excluding hydrogens is 266 g/mol. The minimum Gasteiger partial charge on any atom is -0.497 e. The van der Waals surface area contributed by atoms with Crippen molar-refractivity contribution >= 4 is 11.8 Å². The van der Waals surface area contributed by atoms with Gasteiger partial charge in [0, 0.05) is 17.0 Å². The van der Waals surface area contributed by atoms with E-state index >= 15 is 0 Å². The molecule has 0 spiro atoms. The zero-order chi connectivity index (χ0) is 14.8. The van der Waals surface area contributed by atoms with Crippen LogP contribution in [0.1, 0.15) is 39.2 Å². The molecule has 0 aliphatic rings. The summed E-state index contributed by atoms with van der Waals surface area (Å²) in [7, 11) is 1.71. The molecule has 0 saturated carbocycles. The second-order valence-electron chi connectivity index (χ2n) is 5.19. The summed E-state index contributed by atoms with van der Waals surface area (Å²) in [5, 5.41) is 4.37. The van der Waals surface area contributed by atoms with E-state index in [1.165, 1.54) is 24.2 Å². The molecule has 0 aromatic heterocycles. The molecule has 2 unspecified atom stereocenters. The standard InChI is InChI=1S/C17H29NOS/c1-5-14(3)20-13-16(18-6-2)10-7-15-8-11-17(19-4)12-9-15/h8-9,11-12,14,16,18H,5-7,10,13H2,1-4H3. The van der Waals surface area contributed by atoms with Crippen LogP contribution in [0.2, 0.25) is 0 Å². The van der Waals surface area contributed by atoms with Gasteiger partial charge in [0.2, 0.25) is 0 Å². The van der Waals surface area contributed by atoms with Crippen LogP contribution < -0.4 is 10.1 Å².